The predicted octanol–water partition coefficient (Wildman–Crippen LogP) is 5.13. The van der Waals surface area contributed by atoms with E-state index in [0.717, 1.165) is 35.1 Å². The molecule has 0 saturated carbocycles. The number of carbonyl (C=O) groups excluding carboxylic acids is 3. The Morgan fingerprint density at radius 1 is 1.00 bits per heavy atom. The highest BCUT2D eigenvalue weighted by molar-refractivity contribution is 9.10. The minimum atomic E-state index is -0.428. The Kier molecular flexibility index (Phi) is 6.06. The molecular formula is C21H20BrNO4. The van der Waals surface area contributed by atoms with Crippen LogP contribution < -0.4 is 9.64 Å². The zero-order chi connectivity index (χ0) is 19.4. The van der Waals surface area contributed by atoms with Gasteiger partial charge in [0.2, 0.25) is 0 Å². The second-order valence-electron chi connectivity index (χ2n) is 6.39. The molecule has 0 atom stereocenters. The summed E-state index contributed by atoms with van der Waals surface area (Å²) in [6.45, 7) is 2.11. The lowest BCUT2D eigenvalue weighted by Gasteiger charge is -2.17. The summed E-state index contributed by atoms with van der Waals surface area (Å²) >= 11 is 3.32. The second kappa shape index (κ2) is 8.48. The van der Waals surface area contributed by atoms with Gasteiger partial charge in [0.15, 0.2) is 5.75 Å². The number of hydrogen-bond donors (Lipinski definition) is 0. The van der Waals surface area contributed by atoms with Gasteiger partial charge in [-0.2, -0.15) is 0 Å². The number of benzene rings is 2. The SMILES string of the molecule is CCCCCCC(=O)Oc1ccccc1N1C(=O)c2ccc(Br)cc2C1=O. The molecule has 0 spiro atoms. The van der Waals surface area contributed by atoms with Crippen molar-refractivity contribution in [3.63, 3.8) is 0 Å². The van der Waals surface area contributed by atoms with Crippen LogP contribution in [0.2, 0.25) is 0 Å². The topological polar surface area (TPSA) is 63.7 Å². The molecule has 0 fully saturated rings. The Labute approximate surface area is 166 Å². The molecule has 1 heterocycles. The van der Waals surface area contributed by atoms with Gasteiger partial charge in [0.25, 0.3) is 11.8 Å². The van der Waals surface area contributed by atoms with E-state index in [9.17, 15) is 14.4 Å². The lowest BCUT2D eigenvalue weighted by Crippen LogP contribution is -2.30. The van der Waals surface area contributed by atoms with Crippen molar-refractivity contribution in [2.75, 3.05) is 4.90 Å². The molecule has 2 amide bonds. The first-order chi connectivity index (χ1) is 13.0. The molecule has 27 heavy (non-hydrogen) atoms. The molecule has 2 aromatic carbocycles. The molecule has 2 aromatic rings. The molecule has 0 unspecified atom stereocenters. The summed E-state index contributed by atoms with van der Waals surface area (Å²) in [7, 11) is 0. The molecule has 0 radical (unpaired) electrons. The van der Waals surface area contributed by atoms with Crippen molar-refractivity contribution in [2.24, 2.45) is 0 Å². The van der Waals surface area contributed by atoms with Crippen LogP contribution >= 0.6 is 15.9 Å². The number of fused-ring (bicyclic) bond motifs is 1. The van der Waals surface area contributed by atoms with Gasteiger partial charge in [0.1, 0.15) is 0 Å². The van der Waals surface area contributed by atoms with Crippen molar-refractivity contribution in [3.05, 3.63) is 58.1 Å². The maximum Gasteiger partial charge on any atom is 0.311 e. The smallest absolute Gasteiger partial charge is 0.311 e. The van der Waals surface area contributed by atoms with E-state index < -0.39 is 11.8 Å². The molecular weight excluding hydrogens is 410 g/mol. The second-order valence-corrected chi connectivity index (χ2v) is 7.30. The van der Waals surface area contributed by atoms with E-state index in [1.165, 1.54) is 0 Å². The normalized spacial score (nSPS) is 13.0. The van der Waals surface area contributed by atoms with E-state index in [1.54, 1.807) is 42.5 Å². The van der Waals surface area contributed by atoms with Crippen LogP contribution in [0.4, 0.5) is 5.69 Å². The molecule has 5 nitrogen and oxygen atoms in total. The van der Waals surface area contributed by atoms with Crippen LogP contribution in [0.25, 0.3) is 0 Å². The zero-order valence-electron chi connectivity index (χ0n) is 15.0. The van der Waals surface area contributed by atoms with Gasteiger partial charge >= 0.3 is 5.97 Å². The van der Waals surface area contributed by atoms with E-state index in [-0.39, 0.29) is 17.4 Å². The summed E-state index contributed by atoms with van der Waals surface area (Å²) in [6, 6.07) is 11.6. The number of anilines is 1. The third kappa shape index (κ3) is 4.11. The van der Waals surface area contributed by atoms with Gasteiger partial charge < -0.3 is 4.74 Å². The minimum Gasteiger partial charge on any atom is -0.424 e. The number of halogens is 1. The van der Waals surface area contributed by atoms with E-state index in [2.05, 4.69) is 22.9 Å². The monoisotopic (exact) mass is 429 g/mol. The molecule has 1 aliphatic heterocycles. The summed E-state index contributed by atoms with van der Waals surface area (Å²) in [6.07, 6.45) is 4.21. The van der Waals surface area contributed by atoms with Crippen LogP contribution in [0.5, 0.6) is 5.75 Å². The van der Waals surface area contributed by atoms with Crippen molar-refractivity contribution >= 4 is 39.4 Å². The van der Waals surface area contributed by atoms with Gasteiger partial charge in [-0.15, -0.1) is 0 Å². The lowest BCUT2D eigenvalue weighted by atomic mass is 10.1. The highest BCUT2D eigenvalue weighted by Crippen LogP contribution is 2.35. The van der Waals surface area contributed by atoms with E-state index >= 15 is 0 Å². The van der Waals surface area contributed by atoms with Crippen LogP contribution in [0, 0.1) is 0 Å². The van der Waals surface area contributed by atoms with Crippen molar-refractivity contribution in [1.82, 2.24) is 0 Å². The largest absolute Gasteiger partial charge is 0.424 e. The van der Waals surface area contributed by atoms with Crippen LogP contribution in [-0.4, -0.2) is 17.8 Å². The lowest BCUT2D eigenvalue weighted by molar-refractivity contribution is -0.134. The van der Waals surface area contributed by atoms with Gasteiger partial charge in [-0.3, -0.25) is 14.4 Å². The molecule has 0 saturated heterocycles. The highest BCUT2D eigenvalue weighted by atomic mass is 79.9. The van der Waals surface area contributed by atoms with Crippen molar-refractivity contribution in [1.29, 1.82) is 0 Å². The third-order valence-corrected chi connectivity index (χ3v) is 4.91. The number of ether oxygens (including phenoxy) is 1. The van der Waals surface area contributed by atoms with Crippen molar-refractivity contribution in [2.45, 2.75) is 39.0 Å². The first-order valence-electron chi connectivity index (χ1n) is 9.01. The fourth-order valence-corrected chi connectivity index (χ4v) is 3.39. The summed E-state index contributed by atoms with van der Waals surface area (Å²) in [5, 5.41) is 0. The first-order valence-corrected chi connectivity index (χ1v) is 9.80. The Morgan fingerprint density at radius 3 is 2.52 bits per heavy atom. The van der Waals surface area contributed by atoms with Crippen molar-refractivity contribution < 1.29 is 19.1 Å². The first kappa shape index (κ1) is 19.3. The number of carbonyl (C=O) groups is 3. The van der Waals surface area contributed by atoms with Crippen LogP contribution in [-0.2, 0) is 4.79 Å². The molecule has 140 valence electrons. The van der Waals surface area contributed by atoms with Gasteiger partial charge in [-0.05, 0) is 36.8 Å². The quantitative estimate of drug-likeness (QED) is 0.265. The molecule has 0 aromatic heterocycles. The average molecular weight is 430 g/mol. The average Bonchev–Trinajstić information content (AvgIpc) is 2.89. The standard InChI is InChI=1S/C21H20BrNO4/c1-2-3-4-5-10-19(24)27-18-9-7-6-8-17(18)23-20(25)15-12-11-14(22)13-16(15)21(23)26/h6-9,11-13H,2-5,10H2,1H3. The van der Waals surface area contributed by atoms with Gasteiger partial charge in [-0.1, -0.05) is 54.2 Å². The Morgan fingerprint density at radius 2 is 1.74 bits per heavy atom. The molecule has 0 N–H and O–H groups in total. The zero-order valence-corrected chi connectivity index (χ0v) is 16.6. The molecule has 6 heteroatoms. The highest BCUT2D eigenvalue weighted by Gasteiger charge is 2.38. The number of para-hydroxylation sites is 2. The maximum atomic E-state index is 12.8. The van der Waals surface area contributed by atoms with Crippen molar-refractivity contribution in [3.8, 4) is 5.75 Å². The number of hydrogen-bond acceptors (Lipinski definition) is 4. The maximum absolute atomic E-state index is 12.8. The Hall–Kier alpha value is -2.47. The van der Waals surface area contributed by atoms with Crippen LogP contribution in [0.1, 0.15) is 59.7 Å². The molecule has 1 aliphatic rings. The van der Waals surface area contributed by atoms with Gasteiger partial charge in [-0.25, -0.2) is 4.90 Å². The van der Waals surface area contributed by atoms with Crippen LogP contribution in [0.3, 0.4) is 0 Å². The summed E-state index contributed by atoms with van der Waals surface area (Å²) < 4.78 is 6.18. The van der Waals surface area contributed by atoms with Crippen LogP contribution in [0.15, 0.2) is 46.9 Å². The third-order valence-electron chi connectivity index (χ3n) is 4.41. The van der Waals surface area contributed by atoms with E-state index in [0.29, 0.717) is 17.5 Å². The Bertz CT molecular complexity index is 894. The fraction of sp³-hybridized carbons (Fsp3) is 0.286. The summed E-state index contributed by atoms with van der Waals surface area (Å²) in [5.41, 5.74) is 0.945. The fourth-order valence-electron chi connectivity index (χ4n) is 3.03. The summed E-state index contributed by atoms with van der Waals surface area (Å²) in [5.74, 6) is -0.999. The van der Waals surface area contributed by atoms with E-state index in [1.807, 2.05) is 0 Å². The van der Waals surface area contributed by atoms with Gasteiger partial charge in [0, 0.05) is 10.9 Å². The Balaban J connectivity index is 1.81. The number of amides is 2. The minimum absolute atomic E-state index is 0.214. The summed E-state index contributed by atoms with van der Waals surface area (Å²) in [4.78, 5) is 38.8. The number of rotatable bonds is 7. The number of imide groups is 1. The van der Waals surface area contributed by atoms with E-state index in [4.69, 9.17) is 4.74 Å². The molecule has 0 aliphatic carbocycles. The number of esters is 1. The molecule has 0 bridgehead atoms. The van der Waals surface area contributed by atoms with Gasteiger partial charge in [0.05, 0.1) is 16.8 Å². The molecule has 3 rings (SSSR count). The number of unbranched alkanes of at least 4 members (excludes halogenated alkanes) is 3. The predicted molar refractivity (Wildman–Crippen MR) is 106 cm³/mol. The number of nitrogens with zero attached hydrogens (tertiary/aromatic N) is 1.